The smallest absolute Gasteiger partial charge is 0.243 e. The van der Waals surface area contributed by atoms with E-state index in [2.05, 4.69) is 39.2 Å². The number of fused-ring (bicyclic) bond motifs is 4. The molecule has 5 rings (SSSR count). The molecule has 0 unspecified atom stereocenters. The predicted octanol–water partition coefficient (Wildman–Crippen LogP) is 2.30. The number of piperidine rings is 3. The Morgan fingerprint density at radius 1 is 1.33 bits per heavy atom. The number of nitrogens with zero attached hydrogens (tertiary/aromatic N) is 3. The summed E-state index contributed by atoms with van der Waals surface area (Å²) in [5.41, 5.74) is 0. The Morgan fingerprint density at radius 3 is 2.97 bits per heavy atom. The summed E-state index contributed by atoms with van der Waals surface area (Å²) < 4.78 is 0. The van der Waals surface area contributed by atoms with Crippen molar-refractivity contribution in [1.82, 2.24) is 25.1 Å². The van der Waals surface area contributed by atoms with E-state index in [1.54, 1.807) is 12.4 Å². The van der Waals surface area contributed by atoms with Crippen molar-refractivity contribution in [2.45, 2.75) is 57.8 Å². The van der Waals surface area contributed by atoms with Crippen molar-refractivity contribution in [3.8, 4) is 0 Å². The fourth-order valence-corrected chi connectivity index (χ4v) is 6.61. The lowest BCUT2D eigenvalue weighted by molar-refractivity contribution is -0.160. The van der Waals surface area contributed by atoms with Gasteiger partial charge >= 0.3 is 0 Å². The summed E-state index contributed by atoms with van der Waals surface area (Å²) in [6, 6.07) is 4.21. The van der Waals surface area contributed by atoms with Crippen LogP contribution in [0.2, 0.25) is 0 Å². The largest absolute Gasteiger partial charge is 0.347 e. The molecule has 160 valence electrons. The third kappa shape index (κ3) is 3.78. The zero-order chi connectivity index (χ0) is 20.7. The van der Waals surface area contributed by atoms with Crippen LogP contribution in [0.15, 0.2) is 24.5 Å². The average molecular weight is 428 g/mol. The number of thiophene rings is 1. The molecule has 2 aromatic rings. The fourth-order valence-electron chi connectivity index (χ4n) is 5.68. The first-order chi connectivity index (χ1) is 14.6. The average Bonchev–Trinajstić information content (AvgIpc) is 3.39. The third-order valence-electron chi connectivity index (χ3n) is 6.85. The van der Waals surface area contributed by atoms with Crippen LogP contribution in [0.25, 0.3) is 0 Å². The van der Waals surface area contributed by atoms with Crippen LogP contribution in [0.5, 0.6) is 0 Å². The van der Waals surface area contributed by atoms with Crippen LogP contribution in [-0.4, -0.2) is 56.8 Å². The maximum atomic E-state index is 13.3. The van der Waals surface area contributed by atoms with Gasteiger partial charge in [0.05, 0.1) is 6.54 Å². The van der Waals surface area contributed by atoms with Crippen LogP contribution < -0.4 is 5.32 Å². The molecule has 0 spiro atoms. The van der Waals surface area contributed by atoms with Gasteiger partial charge in [-0.1, -0.05) is 0 Å². The second-order valence-electron chi connectivity index (χ2n) is 8.92. The number of carbonyl (C=O) groups is 2. The first-order valence-electron chi connectivity index (χ1n) is 10.9. The number of likely N-dealkylation sites (tertiary alicyclic amines) is 1. The molecular formula is C22H29N5O2S. The molecule has 0 aliphatic carbocycles. The molecule has 2 aromatic heterocycles. The van der Waals surface area contributed by atoms with Crippen LogP contribution in [0.3, 0.4) is 0 Å². The van der Waals surface area contributed by atoms with Crippen molar-refractivity contribution in [3.05, 3.63) is 40.1 Å². The lowest BCUT2D eigenvalue weighted by Gasteiger charge is -2.55. The standard InChI is InChI=1S/C22H29N5O2S/c1-14-5-6-17(30-14)13-26-11-15-9-16(12-26)21(27-18(15)3-2-4-20(27)28)22(29)25-10-19-23-7-8-24-19/h5-8,15-16,18,21H,2-4,9-13H2,1H3,(H,23,24)(H,25,29)/t15-,16+,18+,21-/m1/s1. The summed E-state index contributed by atoms with van der Waals surface area (Å²) in [6.45, 7) is 5.33. The van der Waals surface area contributed by atoms with Crippen molar-refractivity contribution in [2.75, 3.05) is 13.1 Å². The molecule has 5 heterocycles. The lowest BCUT2D eigenvalue weighted by atomic mass is 9.71. The number of aromatic amines is 1. The first-order valence-corrected chi connectivity index (χ1v) is 11.7. The third-order valence-corrected chi connectivity index (χ3v) is 7.83. The minimum atomic E-state index is -0.373. The first kappa shape index (κ1) is 19.8. The second-order valence-corrected chi connectivity index (χ2v) is 10.3. The topological polar surface area (TPSA) is 81.3 Å². The number of H-pyrrole nitrogens is 1. The zero-order valence-corrected chi connectivity index (χ0v) is 18.2. The number of hydrogen-bond donors (Lipinski definition) is 2. The van der Waals surface area contributed by atoms with Gasteiger partial charge in [-0.2, -0.15) is 0 Å². The van der Waals surface area contributed by atoms with Gasteiger partial charge in [-0.05, 0) is 44.2 Å². The quantitative estimate of drug-likeness (QED) is 0.767. The lowest BCUT2D eigenvalue weighted by Crippen LogP contribution is -2.68. The molecule has 2 bridgehead atoms. The molecule has 4 atom stereocenters. The molecule has 2 N–H and O–H groups in total. The van der Waals surface area contributed by atoms with Crippen molar-refractivity contribution < 1.29 is 9.59 Å². The maximum Gasteiger partial charge on any atom is 0.243 e. The highest BCUT2D eigenvalue weighted by Crippen LogP contribution is 2.42. The summed E-state index contributed by atoms with van der Waals surface area (Å²) in [5.74, 6) is 1.49. The van der Waals surface area contributed by atoms with Gasteiger partial charge in [0, 0.05) is 60.2 Å². The van der Waals surface area contributed by atoms with E-state index in [4.69, 9.17) is 0 Å². The van der Waals surface area contributed by atoms with Crippen LogP contribution in [-0.2, 0) is 22.7 Å². The number of aryl methyl sites for hydroxylation is 1. The highest BCUT2D eigenvalue weighted by Gasteiger charge is 2.51. The van der Waals surface area contributed by atoms with Gasteiger partial charge in [0.15, 0.2) is 0 Å². The number of hydrogen-bond acceptors (Lipinski definition) is 5. The van der Waals surface area contributed by atoms with Crippen LogP contribution in [0.4, 0.5) is 0 Å². The second kappa shape index (κ2) is 8.15. The Bertz CT molecular complexity index is 911. The van der Waals surface area contributed by atoms with Crippen LogP contribution >= 0.6 is 11.3 Å². The Balaban J connectivity index is 1.36. The number of nitrogens with one attached hydrogen (secondary N) is 2. The van der Waals surface area contributed by atoms with Crippen molar-refractivity contribution in [3.63, 3.8) is 0 Å². The molecule has 30 heavy (non-hydrogen) atoms. The van der Waals surface area contributed by atoms with E-state index >= 15 is 0 Å². The highest BCUT2D eigenvalue weighted by molar-refractivity contribution is 7.11. The van der Waals surface area contributed by atoms with E-state index in [0.717, 1.165) is 44.7 Å². The van der Waals surface area contributed by atoms with Gasteiger partial charge in [-0.25, -0.2) is 4.98 Å². The van der Waals surface area contributed by atoms with E-state index in [1.165, 1.54) is 9.75 Å². The van der Waals surface area contributed by atoms with E-state index < -0.39 is 0 Å². The molecule has 0 radical (unpaired) electrons. The predicted molar refractivity (Wildman–Crippen MR) is 115 cm³/mol. The summed E-state index contributed by atoms with van der Waals surface area (Å²) in [6.07, 6.45) is 6.98. The number of aromatic nitrogens is 2. The van der Waals surface area contributed by atoms with Gasteiger partial charge < -0.3 is 15.2 Å². The number of rotatable bonds is 5. The minimum Gasteiger partial charge on any atom is -0.347 e. The van der Waals surface area contributed by atoms with Crippen LogP contribution in [0.1, 0.15) is 41.3 Å². The molecule has 8 heteroatoms. The zero-order valence-electron chi connectivity index (χ0n) is 17.3. The van der Waals surface area contributed by atoms with E-state index in [1.807, 2.05) is 16.2 Å². The van der Waals surface area contributed by atoms with Gasteiger partial charge in [-0.15, -0.1) is 11.3 Å². The van der Waals surface area contributed by atoms with Crippen molar-refractivity contribution in [2.24, 2.45) is 11.8 Å². The molecule has 3 saturated heterocycles. The molecule has 0 aromatic carbocycles. The Labute approximate surface area is 180 Å². The summed E-state index contributed by atoms with van der Waals surface area (Å²) in [5, 5.41) is 3.04. The number of amides is 2. The molecule has 3 aliphatic rings. The molecule has 7 nitrogen and oxygen atoms in total. The van der Waals surface area contributed by atoms with Gasteiger partial charge in [0.2, 0.25) is 11.8 Å². The number of imidazole rings is 1. The maximum absolute atomic E-state index is 13.3. The summed E-state index contributed by atoms with van der Waals surface area (Å²) >= 11 is 1.85. The molecule has 2 amide bonds. The molecule has 0 saturated carbocycles. The van der Waals surface area contributed by atoms with E-state index in [9.17, 15) is 9.59 Å². The Hall–Kier alpha value is -2.19. The Kier molecular flexibility index (Phi) is 5.37. The molecule has 3 aliphatic heterocycles. The Morgan fingerprint density at radius 2 is 2.20 bits per heavy atom. The van der Waals surface area contributed by atoms with E-state index in [0.29, 0.717) is 18.9 Å². The highest BCUT2D eigenvalue weighted by atomic mass is 32.1. The normalized spacial score (nSPS) is 29.0. The fraction of sp³-hybridized carbons (Fsp3) is 0.591. The van der Waals surface area contributed by atoms with E-state index in [-0.39, 0.29) is 29.8 Å². The monoisotopic (exact) mass is 427 g/mol. The SMILES string of the molecule is Cc1ccc(CN2C[C@H]3C[C@@H](C2)[C@H](C(=O)NCc2ncc[nH]2)N2C(=O)CCC[C@@H]32)s1. The van der Waals surface area contributed by atoms with Gasteiger partial charge in [0.25, 0.3) is 0 Å². The molecule has 3 fully saturated rings. The van der Waals surface area contributed by atoms with Crippen molar-refractivity contribution in [1.29, 1.82) is 0 Å². The summed E-state index contributed by atoms with van der Waals surface area (Å²) in [7, 11) is 0. The number of carbonyl (C=O) groups excluding carboxylic acids is 2. The molecular weight excluding hydrogens is 398 g/mol. The van der Waals surface area contributed by atoms with Gasteiger partial charge in [0.1, 0.15) is 11.9 Å². The van der Waals surface area contributed by atoms with Crippen LogP contribution in [0, 0.1) is 18.8 Å². The van der Waals surface area contributed by atoms with Gasteiger partial charge in [-0.3, -0.25) is 14.5 Å². The summed E-state index contributed by atoms with van der Waals surface area (Å²) in [4.78, 5) is 40.6. The van der Waals surface area contributed by atoms with Crippen molar-refractivity contribution >= 4 is 23.2 Å². The minimum absolute atomic E-state index is 0.0380.